The molecule has 0 atom stereocenters. The lowest BCUT2D eigenvalue weighted by atomic mass is 10.2. The molecule has 2 amide bonds. The molecular weight excluding hydrogens is 440 g/mol. The fraction of sp³-hybridized carbons (Fsp3) is 0.417. The monoisotopic (exact) mass is 472 g/mol. The summed E-state index contributed by atoms with van der Waals surface area (Å²) in [5.74, 6) is -0.513. The van der Waals surface area contributed by atoms with Crippen LogP contribution in [0, 0.1) is 10.1 Å². The number of carbonyl (C=O) groups excluding carboxylic acids is 2. The first-order valence-corrected chi connectivity index (χ1v) is 10.9. The summed E-state index contributed by atoms with van der Waals surface area (Å²) in [6.07, 6.45) is 5.44. The van der Waals surface area contributed by atoms with Crippen molar-refractivity contribution in [1.82, 2.24) is 14.4 Å². The number of aromatic nitrogens is 1. The van der Waals surface area contributed by atoms with Gasteiger partial charge >= 0.3 is 0 Å². The van der Waals surface area contributed by atoms with Crippen molar-refractivity contribution in [1.29, 1.82) is 0 Å². The van der Waals surface area contributed by atoms with Crippen LogP contribution in [0.2, 0.25) is 0 Å². The number of carbonyl (C=O) groups is 2. The van der Waals surface area contributed by atoms with Gasteiger partial charge in [-0.2, -0.15) is 0 Å². The van der Waals surface area contributed by atoms with Crippen molar-refractivity contribution >= 4 is 23.6 Å². The molecule has 0 saturated heterocycles. The summed E-state index contributed by atoms with van der Waals surface area (Å²) in [5.41, 5.74) is 1.59. The number of hydrogen-bond donors (Lipinski definition) is 0. The fourth-order valence-corrected chi connectivity index (χ4v) is 3.26. The molecule has 0 aliphatic heterocycles. The van der Waals surface area contributed by atoms with Crippen molar-refractivity contribution < 1.29 is 24.0 Å². The summed E-state index contributed by atoms with van der Waals surface area (Å²) in [4.78, 5) is 39.6. The molecule has 1 aromatic heterocycles. The van der Waals surface area contributed by atoms with Crippen molar-refractivity contribution in [2.75, 3.05) is 47.1 Å². The van der Waals surface area contributed by atoms with E-state index in [1.165, 1.54) is 23.1 Å². The highest BCUT2D eigenvalue weighted by Gasteiger charge is 2.21. The third-order valence-corrected chi connectivity index (χ3v) is 5.26. The van der Waals surface area contributed by atoms with Gasteiger partial charge in [-0.3, -0.25) is 19.7 Å². The highest BCUT2D eigenvalue weighted by molar-refractivity contribution is 5.94. The quantitative estimate of drug-likeness (QED) is 0.181. The Morgan fingerprint density at radius 1 is 1.06 bits per heavy atom. The zero-order chi connectivity index (χ0) is 24.9. The molecular formula is C24H32N4O6. The molecule has 2 aromatic rings. The van der Waals surface area contributed by atoms with Gasteiger partial charge < -0.3 is 23.8 Å². The average Bonchev–Trinajstić information content (AvgIpc) is 3.23. The number of nitro groups is 1. The number of nitro benzene ring substituents is 1. The molecule has 0 spiro atoms. The zero-order valence-electron chi connectivity index (χ0n) is 19.9. The van der Waals surface area contributed by atoms with Crippen LogP contribution in [0.4, 0.5) is 5.69 Å². The zero-order valence-corrected chi connectivity index (χ0v) is 19.9. The topological polar surface area (TPSA) is 107 Å². The van der Waals surface area contributed by atoms with E-state index in [1.54, 1.807) is 37.3 Å². The number of ether oxygens (including phenoxy) is 2. The molecule has 0 fully saturated rings. The minimum absolute atomic E-state index is 0.0235. The van der Waals surface area contributed by atoms with Crippen LogP contribution in [0.15, 0.2) is 48.7 Å². The van der Waals surface area contributed by atoms with Crippen molar-refractivity contribution in [3.05, 3.63) is 70.0 Å². The lowest BCUT2D eigenvalue weighted by Gasteiger charge is -2.27. The van der Waals surface area contributed by atoms with E-state index in [9.17, 15) is 19.7 Å². The van der Waals surface area contributed by atoms with Crippen LogP contribution < -0.4 is 0 Å². The first-order valence-electron chi connectivity index (χ1n) is 10.9. The highest BCUT2D eigenvalue weighted by Crippen LogP contribution is 2.13. The van der Waals surface area contributed by atoms with E-state index in [4.69, 9.17) is 9.47 Å². The normalized spacial score (nSPS) is 11.0. The van der Waals surface area contributed by atoms with Gasteiger partial charge in [0.1, 0.15) is 6.54 Å². The summed E-state index contributed by atoms with van der Waals surface area (Å²) < 4.78 is 12.2. The molecule has 10 heteroatoms. The SMILES string of the molecule is COCCCN(CC(=O)N(CCOC)Cc1cccn1C)C(=O)C=Cc1ccc([N+](=O)[O-])cc1. The molecule has 0 saturated carbocycles. The van der Waals surface area contributed by atoms with Gasteiger partial charge in [-0.15, -0.1) is 0 Å². The number of aryl methyl sites for hydroxylation is 1. The molecule has 184 valence electrons. The Kier molecular flexibility index (Phi) is 10.9. The van der Waals surface area contributed by atoms with E-state index < -0.39 is 4.92 Å². The van der Waals surface area contributed by atoms with Crippen molar-refractivity contribution in [2.45, 2.75) is 13.0 Å². The predicted octanol–water partition coefficient (Wildman–Crippen LogP) is 2.49. The molecule has 0 bridgehead atoms. The number of hydrogen-bond acceptors (Lipinski definition) is 6. The summed E-state index contributed by atoms with van der Waals surface area (Å²) in [5, 5.41) is 10.8. The van der Waals surface area contributed by atoms with Crippen molar-refractivity contribution in [3.63, 3.8) is 0 Å². The molecule has 2 rings (SSSR count). The number of amides is 2. The van der Waals surface area contributed by atoms with Crippen molar-refractivity contribution in [2.24, 2.45) is 7.05 Å². The molecule has 10 nitrogen and oxygen atoms in total. The van der Waals surface area contributed by atoms with Crippen LogP contribution in [0.3, 0.4) is 0 Å². The van der Waals surface area contributed by atoms with E-state index in [-0.39, 0.29) is 24.0 Å². The van der Waals surface area contributed by atoms with Crippen LogP contribution in [0.5, 0.6) is 0 Å². The smallest absolute Gasteiger partial charge is 0.269 e. The highest BCUT2D eigenvalue weighted by atomic mass is 16.6. The van der Waals surface area contributed by atoms with Gasteiger partial charge in [0.15, 0.2) is 0 Å². The fourth-order valence-electron chi connectivity index (χ4n) is 3.26. The van der Waals surface area contributed by atoms with Crippen LogP contribution in [0.1, 0.15) is 17.7 Å². The maximum atomic E-state index is 13.2. The van der Waals surface area contributed by atoms with E-state index in [1.807, 2.05) is 29.9 Å². The molecule has 0 aliphatic rings. The van der Waals surface area contributed by atoms with Gasteiger partial charge in [0.25, 0.3) is 5.69 Å². The van der Waals surface area contributed by atoms with Gasteiger partial charge in [0.2, 0.25) is 11.8 Å². The van der Waals surface area contributed by atoms with Gasteiger partial charge in [-0.25, -0.2) is 0 Å². The number of non-ortho nitro benzene ring substituents is 1. The number of methoxy groups -OCH3 is 2. The molecule has 1 heterocycles. The lowest BCUT2D eigenvalue weighted by molar-refractivity contribution is -0.384. The standard InChI is InChI=1S/C24H32N4O6/c1-25-13-4-6-22(25)18-27(15-17-34-3)24(30)19-26(14-5-16-33-2)23(29)12-9-20-7-10-21(11-8-20)28(31)32/h4,6-13H,5,14-19H2,1-3H3. The Morgan fingerprint density at radius 2 is 1.76 bits per heavy atom. The first kappa shape index (κ1) is 26.7. The molecule has 0 aliphatic carbocycles. The molecule has 34 heavy (non-hydrogen) atoms. The van der Waals surface area contributed by atoms with Gasteiger partial charge in [0, 0.05) is 71.1 Å². The van der Waals surface area contributed by atoms with E-state index >= 15 is 0 Å². The summed E-state index contributed by atoms with van der Waals surface area (Å²) in [6.45, 7) is 1.92. The maximum absolute atomic E-state index is 13.2. The van der Waals surface area contributed by atoms with E-state index in [2.05, 4.69) is 0 Å². The molecule has 0 radical (unpaired) electrons. The number of benzene rings is 1. The summed E-state index contributed by atoms with van der Waals surface area (Å²) in [7, 11) is 5.07. The van der Waals surface area contributed by atoms with Gasteiger partial charge in [-0.1, -0.05) is 0 Å². The van der Waals surface area contributed by atoms with Crippen LogP contribution in [-0.2, 0) is 32.7 Å². The molecule has 0 unspecified atom stereocenters. The van der Waals surface area contributed by atoms with Crippen LogP contribution >= 0.6 is 0 Å². The molecule has 0 N–H and O–H groups in total. The first-order chi connectivity index (χ1) is 16.3. The minimum atomic E-state index is -0.480. The summed E-state index contributed by atoms with van der Waals surface area (Å²) >= 11 is 0. The number of rotatable bonds is 14. The second kappa shape index (κ2) is 13.9. The second-order valence-electron chi connectivity index (χ2n) is 7.71. The largest absolute Gasteiger partial charge is 0.385 e. The summed E-state index contributed by atoms with van der Waals surface area (Å²) in [6, 6.07) is 9.74. The third-order valence-electron chi connectivity index (χ3n) is 5.26. The third kappa shape index (κ3) is 8.45. The Bertz CT molecular complexity index is 970. The lowest BCUT2D eigenvalue weighted by Crippen LogP contribution is -2.44. The van der Waals surface area contributed by atoms with E-state index in [0.29, 0.717) is 44.8 Å². The van der Waals surface area contributed by atoms with Crippen molar-refractivity contribution in [3.8, 4) is 0 Å². The molecule has 1 aromatic carbocycles. The van der Waals surface area contributed by atoms with Crippen LogP contribution in [0.25, 0.3) is 6.08 Å². The Balaban J connectivity index is 2.11. The van der Waals surface area contributed by atoms with E-state index in [0.717, 1.165) is 5.69 Å². The van der Waals surface area contributed by atoms with Gasteiger partial charge in [-0.05, 0) is 42.3 Å². The maximum Gasteiger partial charge on any atom is 0.269 e. The van der Waals surface area contributed by atoms with Crippen LogP contribution in [-0.4, -0.2) is 78.2 Å². The Hall–Kier alpha value is -3.50. The Morgan fingerprint density at radius 3 is 2.35 bits per heavy atom. The second-order valence-corrected chi connectivity index (χ2v) is 7.71. The minimum Gasteiger partial charge on any atom is -0.385 e. The number of nitrogens with zero attached hydrogens (tertiary/aromatic N) is 4. The Labute approximate surface area is 199 Å². The van der Waals surface area contributed by atoms with Gasteiger partial charge in [0.05, 0.1) is 18.1 Å². The average molecular weight is 473 g/mol. The predicted molar refractivity (Wildman–Crippen MR) is 128 cm³/mol.